The number of hydrogen-bond donors (Lipinski definition) is 0. The van der Waals surface area contributed by atoms with Crippen molar-refractivity contribution in [3.8, 4) is 0 Å². The Morgan fingerprint density at radius 3 is 2.40 bits per heavy atom. The maximum Gasteiger partial charge on any atom is 0.284 e. The van der Waals surface area contributed by atoms with E-state index in [9.17, 15) is 8.42 Å². The van der Waals surface area contributed by atoms with E-state index < -0.39 is 10.0 Å². The summed E-state index contributed by atoms with van der Waals surface area (Å²) in [6.07, 6.45) is 2.33. The minimum absolute atomic E-state index is 0.177. The van der Waals surface area contributed by atoms with Crippen molar-refractivity contribution in [3.63, 3.8) is 0 Å². The van der Waals surface area contributed by atoms with Crippen LogP contribution in [0.5, 0.6) is 0 Å². The van der Waals surface area contributed by atoms with Crippen LogP contribution in [0.4, 0.5) is 0 Å². The maximum atomic E-state index is 11.9. The lowest BCUT2D eigenvalue weighted by atomic mass is 10.4. The van der Waals surface area contributed by atoms with Crippen LogP contribution in [-0.2, 0) is 10.0 Å². The van der Waals surface area contributed by atoms with Gasteiger partial charge in [-0.2, -0.15) is 8.42 Å². The van der Waals surface area contributed by atoms with Gasteiger partial charge in [0.15, 0.2) is 0 Å². The van der Waals surface area contributed by atoms with Crippen molar-refractivity contribution >= 4 is 26.0 Å². The quantitative estimate of drug-likeness (QED) is 0.835. The van der Waals surface area contributed by atoms with Crippen molar-refractivity contribution in [1.82, 2.24) is 14.2 Å². The van der Waals surface area contributed by atoms with Gasteiger partial charge in [0.2, 0.25) is 0 Å². The summed E-state index contributed by atoms with van der Waals surface area (Å²) in [5, 5.41) is 3.59. The van der Waals surface area contributed by atoms with Gasteiger partial charge in [-0.3, -0.25) is 0 Å². The molecule has 0 fully saturated rings. The number of nitrogens with zero attached hydrogens (tertiary/aromatic N) is 3. The summed E-state index contributed by atoms with van der Waals surface area (Å²) in [6.45, 7) is 0. The van der Waals surface area contributed by atoms with E-state index in [0.717, 1.165) is 14.9 Å². The molecule has 0 aliphatic heterocycles. The molecule has 0 aliphatic carbocycles. The maximum absolute atomic E-state index is 11.9. The Kier molecular flexibility index (Phi) is 2.57. The van der Waals surface area contributed by atoms with Crippen molar-refractivity contribution in [1.29, 1.82) is 0 Å². The van der Waals surface area contributed by atoms with Crippen LogP contribution in [-0.4, -0.2) is 22.6 Å². The number of halogens is 1. The third-order valence-corrected chi connectivity index (χ3v) is 3.83. The normalized spacial score (nSPS) is 11.5. The first-order valence-electron chi connectivity index (χ1n) is 3.96. The van der Waals surface area contributed by atoms with Crippen LogP contribution < -0.4 is 0 Å². The molecular weight excluding hydrogens is 282 g/mol. The van der Waals surface area contributed by atoms with Crippen LogP contribution >= 0.6 is 15.9 Å². The fourth-order valence-electron chi connectivity index (χ4n) is 1.04. The van der Waals surface area contributed by atoms with Gasteiger partial charge in [0.25, 0.3) is 10.0 Å². The zero-order valence-corrected chi connectivity index (χ0v) is 9.81. The molecule has 2 rings (SSSR count). The molecule has 1 aromatic heterocycles. The Morgan fingerprint density at radius 2 is 1.87 bits per heavy atom. The Balaban J connectivity index is 2.52. The van der Waals surface area contributed by atoms with E-state index in [-0.39, 0.29) is 4.90 Å². The topological polar surface area (TPSA) is 64.8 Å². The monoisotopic (exact) mass is 287 g/mol. The average Bonchev–Trinajstić information content (AvgIpc) is 2.71. The molecule has 0 N–H and O–H groups in total. The minimum atomic E-state index is -3.59. The standard InChI is InChI=1S/C8H6BrN3O2S/c9-7-1-3-8(4-2-7)15(13,14)12-6-10-5-11-12/h1-6H. The third-order valence-electron chi connectivity index (χ3n) is 1.76. The molecule has 0 radical (unpaired) electrons. The second-order valence-electron chi connectivity index (χ2n) is 2.73. The van der Waals surface area contributed by atoms with E-state index in [1.165, 1.54) is 18.5 Å². The second-order valence-corrected chi connectivity index (χ2v) is 5.44. The molecule has 0 spiro atoms. The summed E-state index contributed by atoms with van der Waals surface area (Å²) in [5.41, 5.74) is 0. The highest BCUT2D eigenvalue weighted by molar-refractivity contribution is 9.10. The lowest BCUT2D eigenvalue weighted by Crippen LogP contribution is -2.13. The summed E-state index contributed by atoms with van der Waals surface area (Å²) < 4.78 is 25.4. The van der Waals surface area contributed by atoms with Gasteiger partial charge in [-0.05, 0) is 24.3 Å². The van der Waals surface area contributed by atoms with Crippen LogP contribution in [0, 0.1) is 0 Å². The second kappa shape index (κ2) is 3.74. The van der Waals surface area contributed by atoms with E-state index in [1.54, 1.807) is 12.1 Å². The zero-order valence-electron chi connectivity index (χ0n) is 7.41. The summed E-state index contributed by atoms with van der Waals surface area (Å²) in [4.78, 5) is 3.77. The third kappa shape index (κ3) is 1.93. The van der Waals surface area contributed by atoms with E-state index in [2.05, 4.69) is 26.0 Å². The minimum Gasteiger partial charge on any atom is -0.222 e. The van der Waals surface area contributed by atoms with E-state index >= 15 is 0 Å². The zero-order chi connectivity index (χ0) is 10.9. The Morgan fingerprint density at radius 1 is 1.20 bits per heavy atom. The molecule has 0 amide bonds. The highest BCUT2D eigenvalue weighted by Gasteiger charge is 2.16. The molecule has 2 aromatic rings. The largest absolute Gasteiger partial charge is 0.284 e. The molecular formula is C8H6BrN3O2S. The first-order chi connectivity index (χ1) is 7.10. The van der Waals surface area contributed by atoms with Gasteiger partial charge in [-0.25, -0.2) is 4.98 Å². The summed E-state index contributed by atoms with van der Waals surface area (Å²) in [5.74, 6) is 0. The van der Waals surface area contributed by atoms with Crippen molar-refractivity contribution in [2.24, 2.45) is 0 Å². The van der Waals surface area contributed by atoms with Crippen molar-refractivity contribution < 1.29 is 8.42 Å². The molecule has 78 valence electrons. The molecule has 0 atom stereocenters. The summed E-state index contributed by atoms with van der Waals surface area (Å²) >= 11 is 3.23. The predicted molar refractivity (Wildman–Crippen MR) is 56.7 cm³/mol. The van der Waals surface area contributed by atoms with Gasteiger partial charge in [0.1, 0.15) is 12.7 Å². The molecule has 0 unspecified atom stereocenters. The van der Waals surface area contributed by atoms with Gasteiger partial charge >= 0.3 is 0 Å². The van der Waals surface area contributed by atoms with Crippen molar-refractivity contribution in [2.75, 3.05) is 0 Å². The first-order valence-corrected chi connectivity index (χ1v) is 6.20. The molecule has 1 heterocycles. The Bertz CT molecular complexity index is 548. The average molecular weight is 288 g/mol. The highest BCUT2D eigenvalue weighted by atomic mass is 79.9. The Labute approximate surface area is 94.9 Å². The predicted octanol–water partition coefficient (Wildman–Crippen LogP) is 1.28. The molecule has 5 nitrogen and oxygen atoms in total. The van der Waals surface area contributed by atoms with Gasteiger partial charge in [-0.15, -0.1) is 9.19 Å². The lowest BCUT2D eigenvalue weighted by molar-refractivity contribution is 0.580. The SMILES string of the molecule is O=S(=O)(c1ccc(Br)cc1)n1cncn1. The number of rotatable bonds is 2. The van der Waals surface area contributed by atoms with Crippen LogP contribution in [0.1, 0.15) is 0 Å². The van der Waals surface area contributed by atoms with Gasteiger partial charge < -0.3 is 0 Å². The number of aromatic nitrogens is 3. The van der Waals surface area contributed by atoms with Crippen LogP contribution in [0.15, 0.2) is 46.3 Å². The van der Waals surface area contributed by atoms with Crippen LogP contribution in [0.2, 0.25) is 0 Å². The smallest absolute Gasteiger partial charge is 0.222 e. The van der Waals surface area contributed by atoms with Crippen LogP contribution in [0.25, 0.3) is 0 Å². The van der Waals surface area contributed by atoms with Gasteiger partial charge in [0.05, 0.1) is 4.90 Å². The fourth-order valence-corrected chi connectivity index (χ4v) is 2.34. The highest BCUT2D eigenvalue weighted by Crippen LogP contribution is 2.16. The molecule has 0 saturated heterocycles. The number of hydrogen-bond acceptors (Lipinski definition) is 4. The van der Waals surface area contributed by atoms with E-state index in [1.807, 2.05) is 0 Å². The molecule has 1 aromatic carbocycles. The van der Waals surface area contributed by atoms with Gasteiger partial charge in [-0.1, -0.05) is 15.9 Å². The fraction of sp³-hybridized carbons (Fsp3) is 0. The van der Waals surface area contributed by atoms with E-state index in [4.69, 9.17) is 0 Å². The van der Waals surface area contributed by atoms with Gasteiger partial charge in [0, 0.05) is 4.47 Å². The molecule has 0 aliphatic rings. The first kappa shape index (κ1) is 10.3. The molecule has 7 heteroatoms. The van der Waals surface area contributed by atoms with E-state index in [0.29, 0.717) is 0 Å². The number of benzene rings is 1. The molecule has 15 heavy (non-hydrogen) atoms. The van der Waals surface area contributed by atoms with Crippen molar-refractivity contribution in [2.45, 2.75) is 4.90 Å². The summed E-state index contributed by atoms with van der Waals surface area (Å²) in [7, 11) is -3.59. The molecule has 0 saturated carbocycles. The molecule has 0 bridgehead atoms. The van der Waals surface area contributed by atoms with Crippen LogP contribution in [0.3, 0.4) is 0 Å². The van der Waals surface area contributed by atoms with Crippen molar-refractivity contribution in [3.05, 3.63) is 41.4 Å². The Hall–Kier alpha value is -1.21. The summed E-state index contributed by atoms with van der Waals surface area (Å²) in [6, 6.07) is 6.32. The lowest BCUT2D eigenvalue weighted by Gasteiger charge is -2.02.